The first kappa shape index (κ1) is 18.3. The Morgan fingerprint density at radius 2 is 1.04 bits per heavy atom. The van der Waals surface area contributed by atoms with E-state index in [4.69, 9.17) is 9.47 Å². The summed E-state index contributed by atoms with van der Waals surface area (Å²) in [5.41, 5.74) is -0.911. The topological polar surface area (TPSA) is 65.7 Å². The number of halogens is 2. The SMILES string of the molecule is CN1C(=O)[C@]2(O[C@H]2c2ccc(Br)cc2)N(C)C(=O)[C@]12O[C@@H]2c1ccc(Br)cc1. The molecule has 0 unspecified atom stereocenters. The number of rotatable bonds is 2. The average molecular weight is 508 g/mol. The molecule has 3 aliphatic heterocycles. The molecule has 8 heteroatoms. The van der Waals surface area contributed by atoms with E-state index in [-0.39, 0.29) is 11.8 Å². The molecular formula is C20H16Br2N2O4. The summed E-state index contributed by atoms with van der Waals surface area (Å²) in [6, 6.07) is 15.1. The number of nitrogens with zero attached hydrogens (tertiary/aromatic N) is 2. The molecule has 2 spiro atoms. The van der Waals surface area contributed by atoms with Crippen molar-refractivity contribution in [2.24, 2.45) is 0 Å². The summed E-state index contributed by atoms with van der Waals surface area (Å²) in [5, 5.41) is 0. The van der Waals surface area contributed by atoms with Crippen molar-refractivity contribution in [3.05, 3.63) is 68.6 Å². The molecular weight excluding hydrogens is 492 g/mol. The lowest BCUT2D eigenvalue weighted by molar-refractivity contribution is -0.175. The molecule has 0 N–H and O–H groups in total. The average Bonchev–Trinajstić information content (AvgIpc) is 3.60. The number of likely N-dealkylation sites (N-methyl/N-ethyl adjacent to an activating group) is 2. The summed E-state index contributed by atoms with van der Waals surface area (Å²) < 4.78 is 13.6. The highest BCUT2D eigenvalue weighted by molar-refractivity contribution is 9.10. The zero-order chi connectivity index (χ0) is 19.8. The molecule has 6 nitrogen and oxygen atoms in total. The fourth-order valence-corrected chi connectivity index (χ4v) is 4.59. The van der Waals surface area contributed by atoms with Crippen molar-refractivity contribution >= 4 is 43.7 Å². The third-order valence-corrected chi connectivity index (χ3v) is 6.81. The minimum absolute atomic E-state index is 0.276. The van der Waals surface area contributed by atoms with Gasteiger partial charge in [-0.15, -0.1) is 0 Å². The normalized spacial score (nSPS) is 33.7. The molecule has 0 aliphatic carbocycles. The summed E-state index contributed by atoms with van der Waals surface area (Å²) in [4.78, 5) is 29.4. The van der Waals surface area contributed by atoms with Gasteiger partial charge in [-0.25, -0.2) is 0 Å². The van der Waals surface area contributed by atoms with Crippen LogP contribution < -0.4 is 0 Å². The van der Waals surface area contributed by atoms with Crippen LogP contribution in [0.1, 0.15) is 23.3 Å². The van der Waals surface area contributed by atoms with E-state index >= 15 is 0 Å². The number of hydrogen-bond acceptors (Lipinski definition) is 4. The highest BCUT2D eigenvalue weighted by atomic mass is 79.9. The molecule has 3 saturated heterocycles. The maximum absolute atomic E-state index is 13.3. The maximum atomic E-state index is 13.3. The highest BCUT2D eigenvalue weighted by Gasteiger charge is 2.81. The first-order valence-electron chi connectivity index (χ1n) is 8.75. The van der Waals surface area contributed by atoms with Gasteiger partial charge in [0.15, 0.2) is 0 Å². The Kier molecular flexibility index (Phi) is 3.85. The smallest absolute Gasteiger partial charge is 0.281 e. The number of carbonyl (C=O) groups excluding carboxylic acids is 2. The van der Waals surface area contributed by atoms with Gasteiger partial charge in [0.1, 0.15) is 12.2 Å². The largest absolute Gasteiger partial charge is 0.331 e. The van der Waals surface area contributed by atoms with Crippen molar-refractivity contribution in [2.75, 3.05) is 14.1 Å². The van der Waals surface area contributed by atoms with Crippen molar-refractivity contribution in [1.29, 1.82) is 0 Å². The molecule has 2 aromatic rings. The highest BCUT2D eigenvalue weighted by Crippen LogP contribution is 2.62. The molecule has 3 aliphatic rings. The second-order valence-corrected chi connectivity index (χ2v) is 9.05. The van der Waals surface area contributed by atoms with E-state index in [1.807, 2.05) is 48.5 Å². The van der Waals surface area contributed by atoms with E-state index in [2.05, 4.69) is 31.9 Å². The van der Waals surface area contributed by atoms with Gasteiger partial charge in [0.25, 0.3) is 23.3 Å². The van der Waals surface area contributed by atoms with Gasteiger partial charge in [0, 0.05) is 23.0 Å². The van der Waals surface area contributed by atoms with Gasteiger partial charge >= 0.3 is 0 Å². The summed E-state index contributed by atoms with van der Waals surface area (Å²) in [6.07, 6.45) is -0.988. The first-order chi connectivity index (χ1) is 13.3. The third kappa shape index (κ3) is 2.26. The van der Waals surface area contributed by atoms with E-state index in [1.54, 1.807) is 14.1 Å². The monoisotopic (exact) mass is 506 g/mol. The van der Waals surface area contributed by atoms with E-state index in [0.717, 1.165) is 20.1 Å². The molecule has 144 valence electrons. The second kappa shape index (κ2) is 5.89. The van der Waals surface area contributed by atoms with Crippen molar-refractivity contribution in [3.8, 4) is 0 Å². The standard InChI is InChI=1S/C20H16Br2N2O4/c1-23-17(25)20(16(28-20)12-5-9-14(22)10-6-12)24(2)18(26)19(23)15(27-19)11-3-7-13(21)8-4-11/h3-10,15-16H,1-2H3/t15-,16+,19-,20-/m0/s1. The molecule has 4 atom stereocenters. The van der Waals surface area contributed by atoms with Gasteiger partial charge in [-0.2, -0.15) is 0 Å². The molecule has 0 radical (unpaired) electrons. The number of piperazine rings is 1. The third-order valence-electron chi connectivity index (χ3n) is 5.76. The van der Waals surface area contributed by atoms with Crippen LogP contribution in [0.15, 0.2) is 57.5 Å². The van der Waals surface area contributed by atoms with Crippen molar-refractivity contribution in [1.82, 2.24) is 9.80 Å². The minimum atomic E-state index is -1.30. The van der Waals surface area contributed by atoms with Gasteiger partial charge in [-0.05, 0) is 35.4 Å². The number of epoxide rings is 2. The fraction of sp³-hybridized carbons (Fsp3) is 0.300. The Morgan fingerprint density at radius 3 is 1.36 bits per heavy atom. The number of hydrogen-bond donors (Lipinski definition) is 0. The quantitative estimate of drug-likeness (QED) is 0.584. The molecule has 2 aromatic carbocycles. The predicted molar refractivity (Wildman–Crippen MR) is 107 cm³/mol. The number of ether oxygens (including phenoxy) is 2. The van der Waals surface area contributed by atoms with E-state index in [0.29, 0.717) is 0 Å². The molecule has 3 heterocycles. The Morgan fingerprint density at radius 1 is 0.714 bits per heavy atom. The molecule has 5 rings (SSSR count). The summed E-state index contributed by atoms with van der Waals surface area (Å²) in [7, 11) is 3.21. The van der Waals surface area contributed by atoms with E-state index in [1.165, 1.54) is 9.80 Å². The van der Waals surface area contributed by atoms with Gasteiger partial charge in [0.2, 0.25) is 0 Å². The van der Waals surface area contributed by atoms with Crippen molar-refractivity contribution in [2.45, 2.75) is 23.7 Å². The molecule has 28 heavy (non-hydrogen) atoms. The Labute approximate surface area is 178 Å². The fourth-order valence-electron chi connectivity index (χ4n) is 4.06. The van der Waals surface area contributed by atoms with Crippen LogP contribution in [0.2, 0.25) is 0 Å². The van der Waals surface area contributed by atoms with Crippen LogP contribution in [0.4, 0.5) is 0 Å². The van der Waals surface area contributed by atoms with Gasteiger partial charge < -0.3 is 19.3 Å². The molecule has 0 aromatic heterocycles. The van der Waals surface area contributed by atoms with Crippen LogP contribution in [-0.4, -0.2) is 47.2 Å². The molecule has 2 amide bonds. The van der Waals surface area contributed by atoms with E-state index in [9.17, 15) is 9.59 Å². The van der Waals surface area contributed by atoms with Gasteiger partial charge in [0.05, 0.1) is 0 Å². The number of benzene rings is 2. The zero-order valence-corrected chi connectivity index (χ0v) is 18.2. The van der Waals surface area contributed by atoms with Crippen LogP contribution in [-0.2, 0) is 19.1 Å². The summed E-state index contributed by atoms with van der Waals surface area (Å²) >= 11 is 6.80. The zero-order valence-electron chi connectivity index (χ0n) is 15.1. The van der Waals surface area contributed by atoms with Crippen LogP contribution >= 0.6 is 31.9 Å². The van der Waals surface area contributed by atoms with Crippen LogP contribution in [0.3, 0.4) is 0 Å². The van der Waals surface area contributed by atoms with Gasteiger partial charge in [-0.3, -0.25) is 9.59 Å². The van der Waals surface area contributed by atoms with Crippen molar-refractivity contribution in [3.63, 3.8) is 0 Å². The lowest BCUT2D eigenvalue weighted by Gasteiger charge is -2.39. The Balaban J connectivity index is 1.47. The Bertz CT molecular complexity index is 915. The maximum Gasteiger partial charge on any atom is 0.281 e. The Hall–Kier alpha value is -1.74. The van der Waals surface area contributed by atoms with Crippen LogP contribution in [0, 0.1) is 0 Å². The summed E-state index contributed by atoms with van der Waals surface area (Å²) in [6.45, 7) is 0. The lowest BCUT2D eigenvalue weighted by Crippen LogP contribution is -2.67. The van der Waals surface area contributed by atoms with E-state index < -0.39 is 23.7 Å². The second-order valence-electron chi connectivity index (χ2n) is 7.22. The number of amides is 2. The van der Waals surface area contributed by atoms with Crippen LogP contribution in [0.5, 0.6) is 0 Å². The van der Waals surface area contributed by atoms with Crippen LogP contribution in [0.25, 0.3) is 0 Å². The summed E-state index contributed by atoms with van der Waals surface area (Å²) in [5.74, 6) is -0.552. The molecule has 3 fully saturated rings. The molecule has 0 bridgehead atoms. The van der Waals surface area contributed by atoms with Crippen molar-refractivity contribution < 1.29 is 19.1 Å². The minimum Gasteiger partial charge on any atom is -0.331 e. The predicted octanol–water partition coefficient (Wildman–Crippen LogP) is 3.38. The van der Waals surface area contributed by atoms with Gasteiger partial charge in [-0.1, -0.05) is 56.1 Å². The lowest BCUT2D eigenvalue weighted by atomic mass is 9.95. The molecule has 0 saturated carbocycles. The number of carbonyl (C=O) groups is 2. The first-order valence-corrected chi connectivity index (χ1v) is 10.3.